The molecule has 2 heterocycles. The Bertz CT molecular complexity index is 672. The summed E-state index contributed by atoms with van der Waals surface area (Å²) in [4.78, 5) is 38.9. The molecule has 0 radical (unpaired) electrons. The second kappa shape index (κ2) is 7.60. The highest BCUT2D eigenvalue weighted by atomic mass is 16.6. The van der Waals surface area contributed by atoms with Crippen molar-refractivity contribution in [2.75, 3.05) is 32.8 Å². The van der Waals surface area contributed by atoms with E-state index in [4.69, 9.17) is 4.74 Å². The third-order valence-corrected chi connectivity index (χ3v) is 4.60. The zero-order chi connectivity index (χ0) is 17.8. The van der Waals surface area contributed by atoms with Crippen LogP contribution in [0.25, 0.3) is 0 Å². The molecule has 1 atom stereocenters. The summed E-state index contributed by atoms with van der Waals surface area (Å²) in [5, 5.41) is 10.9. The molecule has 0 spiro atoms. The van der Waals surface area contributed by atoms with Gasteiger partial charge in [-0.25, -0.2) is 0 Å². The Balaban J connectivity index is 1.64. The van der Waals surface area contributed by atoms with Gasteiger partial charge in [-0.05, 0) is 25.3 Å². The van der Waals surface area contributed by atoms with Crippen molar-refractivity contribution in [3.63, 3.8) is 0 Å². The highest BCUT2D eigenvalue weighted by Gasteiger charge is 2.30. The molecule has 2 fully saturated rings. The van der Waals surface area contributed by atoms with Crippen LogP contribution in [0.1, 0.15) is 29.6 Å². The second-order valence-electron chi connectivity index (χ2n) is 6.28. The Labute approximate surface area is 145 Å². The summed E-state index contributed by atoms with van der Waals surface area (Å²) in [6.45, 7) is 2.62. The molecule has 8 nitrogen and oxygen atoms in total. The van der Waals surface area contributed by atoms with Gasteiger partial charge in [0.05, 0.1) is 4.92 Å². The lowest BCUT2D eigenvalue weighted by Crippen LogP contribution is -2.41. The maximum absolute atomic E-state index is 12.6. The van der Waals surface area contributed by atoms with Gasteiger partial charge < -0.3 is 14.5 Å². The molecule has 0 aliphatic carbocycles. The summed E-state index contributed by atoms with van der Waals surface area (Å²) in [7, 11) is 0. The summed E-state index contributed by atoms with van der Waals surface area (Å²) in [5.41, 5.74) is 0.198. The van der Waals surface area contributed by atoms with Crippen molar-refractivity contribution >= 4 is 17.5 Å². The fourth-order valence-corrected chi connectivity index (χ4v) is 3.25. The van der Waals surface area contributed by atoms with Gasteiger partial charge in [-0.2, -0.15) is 0 Å². The van der Waals surface area contributed by atoms with Crippen molar-refractivity contribution in [2.24, 2.45) is 0 Å². The SMILES string of the molecule is O=C(c1cccc([N+](=O)[O-])c1)N1CCCN(C(=O)[C@@H]2CCCO2)CC1. The largest absolute Gasteiger partial charge is 0.368 e. The fraction of sp³-hybridized carbons (Fsp3) is 0.529. The topological polar surface area (TPSA) is 93.0 Å². The van der Waals surface area contributed by atoms with Crippen molar-refractivity contribution < 1.29 is 19.2 Å². The number of carbonyl (C=O) groups is 2. The number of benzene rings is 1. The van der Waals surface area contributed by atoms with Crippen LogP contribution in [0.3, 0.4) is 0 Å². The molecular formula is C17H21N3O5. The van der Waals surface area contributed by atoms with Gasteiger partial charge >= 0.3 is 0 Å². The van der Waals surface area contributed by atoms with Crippen LogP contribution in [0.5, 0.6) is 0 Å². The van der Waals surface area contributed by atoms with E-state index in [1.807, 2.05) is 0 Å². The van der Waals surface area contributed by atoms with Gasteiger partial charge in [0.1, 0.15) is 6.10 Å². The summed E-state index contributed by atoms with van der Waals surface area (Å²) < 4.78 is 5.45. The van der Waals surface area contributed by atoms with Crippen LogP contribution in [0, 0.1) is 10.1 Å². The second-order valence-corrected chi connectivity index (χ2v) is 6.28. The van der Waals surface area contributed by atoms with E-state index in [0.29, 0.717) is 44.8 Å². The van der Waals surface area contributed by atoms with E-state index in [1.165, 1.54) is 18.2 Å². The number of non-ortho nitro benzene ring substituents is 1. The molecule has 3 rings (SSSR count). The van der Waals surface area contributed by atoms with Crippen LogP contribution in [0.4, 0.5) is 5.69 Å². The first-order valence-electron chi connectivity index (χ1n) is 8.50. The number of nitro benzene ring substituents is 1. The molecule has 0 unspecified atom stereocenters. The minimum absolute atomic E-state index is 0.00199. The lowest BCUT2D eigenvalue weighted by molar-refractivity contribution is -0.384. The zero-order valence-corrected chi connectivity index (χ0v) is 13.9. The molecule has 1 aromatic carbocycles. The molecule has 2 amide bonds. The fourth-order valence-electron chi connectivity index (χ4n) is 3.25. The number of hydrogen-bond acceptors (Lipinski definition) is 5. The molecule has 25 heavy (non-hydrogen) atoms. The Morgan fingerprint density at radius 2 is 1.88 bits per heavy atom. The molecule has 134 valence electrons. The van der Waals surface area contributed by atoms with Crippen LogP contribution >= 0.6 is 0 Å². The maximum Gasteiger partial charge on any atom is 0.270 e. The van der Waals surface area contributed by atoms with E-state index in [0.717, 1.165) is 12.8 Å². The average molecular weight is 347 g/mol. The van der Waals surface area contributed by atoms with E-state index < -0.39 is 4.92 Å². The molecule has 0 N–H and O–H groups in total. The number of rotatable bonds is 3. The standard InChI is InChI=1S/C17H21N3O5/c21-16(13-4-1-5-14(12-13)20(23)24)18-7-3-8-19(10-9-18)17(22)15-6-2-11-25-15/h1,4-5,12,15H,2-3,6-11H2/t15-/m0/s1. The Kier molecular flexibility index (Phi) is 5.28. The van der Waals surface area contributed by atoms with Crippen LogP contribution < -0.4 is 0 Å². The predicted octanol–water partition coefficient (Wildman–Crippen LogP) is 1.45. The predicted molar refractivity (Wildman–Crippen MR) is 89.2 cm³/mol. The number of carbonyl (C=O) groups excluding carboxylic acids is 2. The van der Waals surface area contributed by atoms with Crippen molar-refractivity contribution in [1.29, 1.82) is 0 Å². The summed E-state index contributed by atoms with van der Waals surface area (Å²) >= 11 is 0. The molecule has 0 saturated carbocycles. The summed E-state index contributed by atoms with van der Waals surface area (Å²) in [5.74, 6) is -0.239. The van der Waals surface area contributed by atoms with Crippen LogP contribution in [-0.4, -0.2) is 65.4 Å². The number of ether oxygens (including phenoxy) is 1. The van der Waals surface area contributed by atoms with Crippen molar-refractivity contribution in [2.45, 2.75) is 25.4 Å². The van der Waals surface area contributed by atoms with E-state index in [-0.39, 0.29) is 23.6 Å². The summed E-state index contributed by atoms with van der Waals surface area (Å²) in [6, 6.07) is 5.75. The first kappa shape index (κ1) is 17.3. The number of nitro groups is 1. The lowest BCUT2D eigenvalue weighted by atomic mass is 10.1. The smallest absolute Gasteiger partial charge is 0.270 e. The van der Waals surface area contributed by atoms with Gasteiger partial charge in [-0.15, -0.1) is 0 Å². The molecule has 0 aromatic heterocycles. The Morgan fingerprint density at radius 3 is 2.60 bits per heavy atom. The van der Waals surface area contributed by atoms with E-state index >= 15 is 0 Å². The number of amides is 2. The first-order valence-corrected chi connectivity index (χ1v) is 8.50. The molecular weight excluding hydrogens is 326 g/mol. The molecule has 2 saturated heterocycles. The minimum atomic E-state index is -0.513. The molecule has 8 heteroatoms. The summed E-state index contributed by atoms with van der Waals surface area (Å²) in [6.07, 6.45) is 1.99. The average Bonchev–Trinajstić information content (AvgIpc) is 3.05. The van der Waals surface area contributed by atoms with Gasteiger partial charge in [-0.1, -0.05) is 6.07 Å². The first-order chi connectivity index (χ1) is 12.1. The normalized spacial score (nSPS) is 21.0. The minimum Gasteiger partial charge on any atom is -0.368 e. The van der Waals surface area contributed by atoms with Crippen molar-refractivity contribution in [3.05, 3.63) is 39.9 Å². The third-order valence-electron chi connectivity index (χ3n) is 4.60. The van der Waals surface area contributed by atoms with Gasteiger partial charge in [-0.3, -0.25) is 19.7 Å². The highest BCUT2D eigenvalue weighted by Crippen LogP contribution is 2.18. The van der Waals surface area contributed by atoms with Crippen molar-refractivity contribution in [1.82, 2.24) is 9.80 Å². The monoisotopic (exact) mass is 347 g/mol. The zero-order valence-electron chi connectivity index (χ0n) is 13.9. The number of nitrogens with zero attached hydrogens (tertiary/aromatic N) is 3. The van der Waals surface area contributed by atoms with E-state index in [1.54, 1.807) is 15.9 Å². The molecule has 2 aliphatic heterocycles. The van der Waals surface area contributed by atoms with Crippen LogP contribution in [-0.2, 0) is 9.53 Å². The maximum atomic E-state index is 12.6. The van der Waals surface area contributed by atoms with E-state index in [2.05, 4.69) is 0 Å². The van der Waals surface area contributed by atoms with Gasteiger partial charge in [0, 0.05) is 50.5 Å². The third kappa shape index (κ3) is 3.96. The quantitative estimate of drug-likeness (QED) is 0.609. The molecule has 1 aromatic rings. The number of hydrogen-bond donors (Lipinski definition) is 0. The van der Waals surface area contributed by atoms with Crippen molar-refractivity contribution in [3.8, 4) is 0 Å². The van der Waals surface area contributed by atoms with Gasteiger partial charge in [0.2, 0.25) is 0 Å². The van der Waals surface area contributed by atoms with Crippen LogP contribution in [0.2, 0.25) is 0 Å². The molecule has 0 bridgehead atoms. The van der Waals surface area contributed by atoms with E-state index in [9.17, 15) is 19.7 Å². The lowest BCUT2D eigenvalue weighted by Gasteiger charge is -2.24. The van der Waals surface area contributed by atoms with Crippen LogP contribution in [0.15, 0.2) is 24.3 Å². The van der Waals surface area contributed by atoms with Gasteiger partial charge in [0.15, 0.2) is 0 Å². The highest BCUT2D eigenvalue weighted by molar-refractivity contribution is 5.95. The van der Waals surface area contributed by atoms with Gasteiger partial charge in [0.25, 0.3) is 17.5 Å². The Morgan fingerprint density at radius 1 is 1.12 bits per heavy atom. The molecule has 2 aliphatic rings. The Hall–Kier alpha value is -2.48.